The minimum Gasteiger partial charge on any atom is -0.479 e. The quantitative estimate of drug-likeness (QED) is 0.882. The predicted molar refractivity (Wildman–Crippen MR) is 56.4 cm³/mol. The first-order valence-electron chi connectivity index (χ1n) is 4.62. The number of rotatable bonds is 3. The van der Waals surface area contributed by atoms with E-state index in [0.29, 0.717) is 6.92 Å². The van der Waals surface area contributed by atoms with Gasteiger partial charge in [-0.15, -0.1) is 11.3 Å². The minimum absolute atomic E-state index is 0.0493. The Labute approximate surface area is 104 Å². The smallest absolute Gasteiger partial charge is 0.422 e. The number of nitrogens with zero attached hydrogens (tertiary/aromatic N) is 1. The number of amides is 1. The van der Waals surface area contributed by atoms with E-state index in [0.717, 1.165) is 11.3 Å². The minimum atomic E-state index is -5.10. The van der Waals surface area contributed by atoms with Crippen molar-refractivity contribution in [1.29, 1.82) is 0 Å². The summed E-state index contributed by atoms with van der Waals surface area (Å²) in [6, 6.07) is 0. The molecule has 0 aliphatic carbocycles. The molecule has 1 amide bonds. The molecule has 0 aliphatic rings. The lowest BCUT2D eigenvalue weighted by atomic mass is 10.0. The van der Waals surface area contributed by atoms with Crippen LogP contribution in [0.3, 0.4) is 0 Å². The number of carbonyl (C=O) groups is 2. The molecule has 1 unspecified atom stereocenters. The van der Waals surface area contributed by atoms with Gasteiger partial charge in [0.1, 0.15) is 4.88 Å². The predicted octanol–water partition coefficient (Wildman–Crippen LogP) is 1.59. The number of hydrogen-bond donors (Lipinski definition) is 2. The largest absolute Gasteiger partial charge is 0.479 e. The molecular formula is C9H9F3N2O3S. The number of aryl methyl sites for hydroxylation is 1. The van der Waals surface area contributed by atoms with Crippen LogP contribution in [0.15, 0.2) is 5.51 Å². The molecule has 0 aliphatic heterocycles. The number of aliphatic carboxylic acids is 1. The maximum atomic E-state index is 12.6. The zero-order chi connectivity index (χ0) is 14.1. The molecule has 0 spiro atoms. The summed E-state index contributed by atoms with van der Waals surface area (Å²) in [6.45, 7) is 1.83. The molecule has 0 aromatic carbocycles. The lowest BCUT2D eigenvalue weighted by Crippen LogP contribution is -2.61. The van der Waals surface area contributed by atoms with Crippen LogP contribution >= 0.6 is 11.3 Å². The standard InChI is InChI=1S/C9H9F3N2O3S/c1-4-5(18-3-13-4)6(15)14-8(2,7(16)17)9(10,11)12/h3H,1-2H3,(H,14,15)(H,16,17). The van der Waals surface area contributed by atoms with Gasteiger partial charge in [0.25, 0.3) is 5.91 Å². The molecule has 1 atom stereocenters. The highest BCUT2D eigenvalue weighted by Gasteiger charge is 2.58. The van der Waals surface area contributed by atoms with E-state index in [1.165, 1.54) is 17.8 Å². The lowest BCUT2D eigenvalue weighted by Gasteiger charge is -2.28. The second kappa shape index (κ2) is 4.56. The number of carbonyl (C=O) groups excluding carboxylic acids is 1. The molecule has 0 radical (unpaired) electrons. The fourth-order valence-corrected chi connectivity index (χ4v) is 1.75. The second-order valence-corrected chi connectivity index (χ2v) is 4.50. The fourth-order valence-electron chi connectivity index (χ4n) is 1.05. The van der Waals surface area contributed by atoms with E-state index >= 15 is 0 Å². The fraction of sp³-hybridized carbons (Fsp3) is 0.444. The monoisotopic (exact) mass is 282 g/mol. The van der Waals surface area contributed by atoms with Crippen molar-refractivity contribution >= 4 is 23.2 Å². The Morgan fingerprint density at radius 3 is 2.33 bits per heavy atom. The molecule has 1 rings (SSSR count). The lowest BCUT2D eigenvalue weighted by molar-refractivity contribution is -0.203. The van der Waals surface area contributed by atoms with Gasteiger partial charge < -0.3 is 10.4 Å². The highest BCUT2D eigenvalue weighted by atomic mass is 32.1. The van der Waals surface area contributed by atoms with E-state index in [2.05, 4.69) is 4.98 Å². The molecule has 0 saturated heterocycles. The summed E-state index contributed by atoms with van der Waals surface area (Å²) in [4.78, 5) is 26.0. The first kappa shape index (κ1) is 14.4. The van der Waals surface area contributed by atoms with Crippen molar-refractivity contribution in [2.45, 2.75) is 25.6 Å². The van der Waals surface area contributed by atoms with E-state index in [1.54, 1.807) is 0 Å². The Kier molecular flexibility index (Phi) is 3.65. The van der Waals surface area contributed by atoms with Gasteiger partial charge in [-0.05, 0) is 13.8 Å². The molecular weight excluding hydrogens is 273 g/mol. The van der Waals surface area contributed by atoms with E-state index in [-0.39, 0.29) is 10.6 Å². The Morgan fingerprint density at radius 1 is 1.44 bits per heavy atom. The van der Waals surface area contributed by atoms with Crippen LogP contribution in [-0.4, -0.2) is 33.7 Å². The Hall–Kier alpha value is -1.64. The molecule has 1 heterocycles. The topological polar surface area (TPSA) is 79.3 Å². The Bertz CT molecular complexity index is 486. The van der Waals surface area contributed by atoms with Crippen LogP contribution in [0.25, 0.3) is 0 Å². The summed E-state index contributed by atoms with van der Waals surface area (Å²) in [5.41, 5.74) is -1.80. The van der Waals surface area contributed by atoms with Gasteiger partial charge in [0.2, 0.25) is 5.54 Å². The SMILES string of the molecule is Cc1ncsc1C(=O)NC(C)(C(=O)O)C(F)(F)F. The van der Waals surface area contributed by atoms with E-state index < -0.39 is 23.6 Å². The second-order valence-electron chi connectivity index (χ2n) is 3.65. The van der Waals surface area contributed by atoms with E-state index in [4.69, 9.17) is 5.11 Å². The van der Waals surface area contributed by atoms with Gasteiger partial charge in [-0.3, -0.25) is 4.79 Å². The average Bonchev–Trinajstić information content (AvgIpc) is 2.62. The summed E-state index contributed by atoms with van der Waals surface area (Å²) >= 11 is 0.837. The summed E-state index contributed by atoms with van der Waals surface area (Å²) in [7, 11) is 0. The number of halogens is 3. The van der Waals surface area contributed by atoms with Crippen molar-refractivity contribution < 1.29 is 27.9 Å². The van der Waals surface area contributed by atoms with Crippen molar-refractivity contribution in [2.75, 3.05) is 0 Å². The number of carboxylic acid groups (broad SMARTS) is 1. The highest BCUT2D eigenvalue weighted by Crippen LogP contribution is 2.31. The van der Waals surface area contributed by atoms with Crippen molar-refractivity contribution in [3.63, 3.8) is 0 Å². The van der Waals surface area contributed by atoms with Crippen molar-refractivity contribution in [3.8, 4) is 0 Å². The van der Waals surface area contributed by atoms with Gasteiger partial charge in [-0.2, -0.15) is 13.2 Å². The van der Waals surface area contributed by atoms with Crippen molar-refractivity contribution in [2.24, 2.45) is 0 Å². The van der Waals surface area contributed by atoms with Crippen LogP contribution in [0.5, 0.6) is 0 Å². The van der Waals surface area contributed by atoms with Crippen LogP contribution < -0.4 is 5.32 Å². The summed E-state index contributed by atoms with van der Waals surface area (Å²) < 4.78 is 37.9. The molecule has 1 aromatic heterocycles. The molecule has 0 bridgehead atoms. The van der Waals surface area contributed by atoms with Gasteiger partial charge in [0.15, 0.2) is 0 Å². The Balaban J connectivity index is 3.04. The van der Waals surface area contributed by atoms with Gasteiger partial charge in [0.05, 0.1) is 11.2 Å². The number of aromatic nitrogens is 1. The molecule has 0 saturated carbocycles. The zero-order valence-electron chi connectivity index (χ0n) is 9.33. The van der Waals surface area contributed by atoms with Gasteiger partial charge in [-0.1, -0.05) is 0 Å². The summed E-state index contributed by atoms with van der Waals surface area (Å²) in [6.07, 6.45) is -5.10. The molecule has 18 heavy (non-hydrogen) atoms. The normalized spacial score (nSPS) is 14.9. The third kappa shape index (κ3) is 2.45. The number of hydrogen-bond acceptors (Lipinski definition) is 4. The third-order valence-electron chi connectivity index (χ3n) is 2.31. The van der Waals surface area contributed by atoms with E-state index in [1.807, 2.05) is 0 Å². The number of thiazole rings is 1. The molecule has 100 valence electrons. The average molecular weight is 282 g/mol. The maximum absolute atomic E-state index is 12.6. The summed E-state index contributed by atoms with van der Waals surface area (Å²) in [5.74, 6) is -3.29. The van der Waals surface area contributed by atoms with Crippen LogP contribution in [0.4, 0.5) is 13.2 Å². The van der Waals surface area contributed by atoms with Crippen molar-refractivity contribution in [1.82, 2.24) is 10.3 Å². The number of alkyl halides is 3. The first-order valence-corrected chi connectivity index (χ1v) is 5.50. The summed E-state index contributed by atoms with van der Waals surface area (Å²) in [5, 5.41) is 10.1. The highest BCUT2D eigenvalue weighted by molar-refractivity contribution is 7.11. The third-order valence-corrected chi connectivity index (χ3v) is 3.24. The van der Waals surface area contributed by atoms with Crippen LogP contribution in [0.2, 0.25) is 0 Å². The van der Waals surface area contributed by atoms with Gasteiger partial charge in [0, 0.05) is 0 Å². The number of nitrogens with one attached hydrogen (secondary N) is 1. The van der Waals surface area contributed by atoms with Gasteiger partial charge >= 0.3 is 12.1 Å². The maximum Gasteiger partial charge on any atom is 0.422 e. The van der Waals surface area contributed by atoms with Crippen LogP contribution in [0.1, 0.15) is 22.3 Å². The first-order chi connectivity index (χ1) is 8.09. The molecule has 0 fully saturated rings. The van der Waals surface area contributed by atoms with Crippen LogP contribution in [-0.2, 0) is 4.79 Å². The molecule has 1 aromatic rings. The molecule has 9 heteroatoms. The Morgan fingerprint density at radius 2 is 2.00 bits per heavy atom. The zero-order valence-corrected chi connectivity index (χ0v) is 10.1. The van der Waals surface area contributed by atoms with E-state index in [9.17, 15) is 22.8 Å². The van der Waals surface area contributed by atoms with Gasteiger partial charge in [-0.25, -0.2) is 9.78 Å². The number of carboxylic acids is 1. The van der Waals surface area contributed by atoms with Crippen molar-refractivity contribution in [3.05, 3.63) is 16.1 Å². The molecule has 5 nitrogen and oxygen atoms in total. The molecule has 2 N–H and O–H groups in total. The van der Waals surface area contributed by atoms with Crippen LogP contribution in [0, 0.1) is 6.92 Å².